The van der Waals surface area contributed by atoms with Gasteiger partial charge in [0.25, 0.3) is 0 Å². The SMILES string of the molecule is COC(=O)c1ccc(-n2nc(C(C)(C)C)cc2N(C(N)=O)c2ccc(Oc3ccnc(C)c3)cc2F)cc1. The number of pyridine rings is 1. The number of amides is 2. The van der Waals surface area contributed by atoms with Gasteiger partial charge >= 0.3 is 12.0 Å². The van der Waals surface area contributed by atoms with Crippen LogP contribution in [0.4, 0.5) is 20.7 Å². The van der Waals surface area contributed by atoms with Crippen molar-refractivity contribution in [3.63, 3.8) is 0 Å². The number of urea groups is 1. The van der Waals surface area contributed by atoms with Crippen LogP contribution in [0.1, 0.15) is 42.5 Å². The number of esters is 1. The molecule has 38 heavy (non-hydrogen) atoms. The highest BCUT2D eigenvalue weighted by Gasteiger charge is 2.28. The summed E-state index contributed by atoms with van der Waals surface area (Å²) >= 11 is 0. The van der Waals surface area contributed by atoms with Gasteiger partial charge in [0.05, 0.1) is 29.7 Å². The molecule has 0 atom stereocenters. The zero-order valence-corrected chi connectivity index (χ0v) is 21.7. The summed E-state index contributed by atoms with van der Waals surface area (Å²) < 4.78 is 27.5. The zero-order valence-electron chi connectivity index (χ0n) is 21.7. The Morgan fingerprint density at radius 2 is 1.68 bits per heavy atom. The fourth-order valence-corrected chi connectivity index (χ4v) is 3.75. The number of benzene rings is 2. The van der Waals surface area contributed by atoms with Gasteiger partial charge in [-0.1, -0.05) is 20.8 Å². The third-order valence-corrected chi connectivity index (χ3v) is 5.71. The van der Waals surface area contributed by atoms with Crippen LogP contribution >= 0.6 is 0 Å². The van der Waals surface area contributed by atoms with Crippen molar-refractivity contribution >= 4 is 23.5 Å². The molecule has 196 valence electrons. The number of nitrogens with zero attached hydrogens (tertiary/aromatic N) is 4. The van der Waals surface area contributed by atoms with Crippen molar-refractivity contribution in [2.24, 2.45) is 5.73 Å². The largest absolute Gasteiger partial charge is 0.465 e. The number of carbonyl (C=O) groups is 2. The average Bonchev–Trinajstić information content (AvgIpc) is 3.30. The predicted molar refractivity (Wildman–Crippen MR) is 141 cm³/mol. The Hall–Kier alpha value is -4.73. The summed E-state index contributed by atoms with van der Waals surface area (Å²) in [6.07, 6.45) is 1.59. The van der Waals surface area contributed by atoms with E-state index in [1.54, 1.807) is 54.7 Å². The molecule has 2 aromatic carbocycles. The molecule has 0 aliphatic heterocycles. The van der Waals surface area contributed by atoms with E-state index in [9.17, 15) is 9.59 Å². The zero-order chi connectivity index (χ0) is 27.6. The Bertz CT molecular complexity index is 1490. The first-order valence-corrected chi connectivity index (χ1v) is 11.8. The number of nitrogens with two attached hydrogens (primary N) is 1. The van der Waals surface area contributed by atoms with E-state index in [-0.39, 0.29) is 17.3 Å². The predicted octanol–water partition coefficient (Wildman–Crippen LogP) is 5.81. The molecule has 0 aliphatic carbocycles. The molecule has 9 nitrogen and oxygen atoms in total. The number of hydrogen-bond donors (Lipinski definition) is 1. The van der Waals surface area contributed by atoms with Gasteiger partial charge in [0.2, 0.25) is 0 Å². The first-order valence-electron chi connectivity index (χ1n) is 11.8. The smallest absolute Gasteiger partial charge is 0.337 e. The fraction of sp³-hybridized carbons (Fsp3) is 0.214. The highest BCUT2D eigenvalue weighted by Crippen LogP contribution is 2.35. The highest BCUT2D eigenvalue weighted by molar-refractivity contribution is 5.98. The molecule has 0 saturated heterocycles. The molecule has 2 heterocycles. The molecule has 0 bridgehead atoms. The molecule has 0 radical (unpaired) electrons. The summed E-state index contributed by atoms with van der Waals surface area (Å²) in [7, 11) is 1.30. The lowest BCUT2D eigenvalue weighted by Crippen LogP contribution is -2.33. The Morgan fingerprint density at radius 1 is 1.00 bits per heavy atom. The lowest BCUT2D eigenvalue weighted by atomic mass is 9.92. The second-order valence-corrected chi connectivity index (χ2v) is 9.61. The van der Waals surface area contributed by atoms with Crippen LogP contribution in [0.3, 0.4) is 0 Å². The standard InChI is InChI=1S/C28H28FN5O4/c1-17-14-21(12-13-31-17)38-20-10-11-23(22(29)15-20)33(27(30)36)25-16-24(28(2,3)4)32-34(25)19-8-6-18(7-9-19)26(35)37-5/h6-16H,1-5H3,(H2,30,36). The van der Waals surface area contributed by atoms with Crippen molar-refractivity contribution in [3.05, 3.63) is 89.6 Å². The molecule has 0 aliphatic rings. The minimum Gasteiger partial charge on any atom is -0.465 e. The molecule has 0 fully saturated rings. The molecule has 2 N–H and O–H groups in total. The number of methoxy groups -OCH3 is 1. The molecule has 4 rings (SSSR count). The number of aromatic nitrogens is 3. The lowest BCUT2D eigenvalue weighted by Gasteiger charge is -2.22. The van der Waals surface area contributed by atoms with Crippen LogP contribution in [0.2, 0.25) is 0 Å². The van der Waals surface area contributed by atoms with Gasteiger partial charge in [0.1, 0.15) is 17.3 Å². The molecule has 10 heteroatoms. The van der Waals surface area contributed by atoms with Crippen molar-refractivity contribution in [2.45, 2.75) is 33.1 Å². The minimum absolute atomic E-state index is 0.0800. The normalized spacial score (nSPS) is 11.2. The van der Waals surface area contributed by atoms with Crippen molar-refractivity contribution in [1.29, 1.82) is 0 Å². The maximum Gasteiger partial charge on any atom is 0.337 e. The van der Waals surface area contributed by atoms with Crippen molar-refractivity contribution in [2.75, 3.05) is 12.0 Å². The highest BCUT2D eigenvalue weighted by atomic mass is 19.1. The monoisotopic (exact) mass is 517 g/mol. The maximum atomic E-state index is 15.5. The Kier molecular flexibility index (Phi) is 7.16. The summed E-state index contributed by atoms with van der Waals surface area (Å²) in [5.74, 6) is -0.246. The van der Waals surface area contributed by atoms with Crippen LogP contribution in [-0.2, 0) is 10.2 Å². The van der Waals surface area contributed by atoms with Gasteiger partial charge in [-0.05, 0) is 49.4 Å². The maximum absolute atomic E-state index is 15.5. The molecule has 0 spiro atoms. The summed E-state index contributed by atoms with van der Waals surface area (Å²) in [6, 6.07) is 14.7. The number of halogens is 1. The van der Waals surface area contributed by atoms with Crippen LogP contribution in [0.25, 0.3) is 5.69 Å². The van der Waals surface area contributed by atoms with Crippen LogP contribution in [0, 0.1) is 12.7 Å². The number of anilines is 2. The van der Waals surface area contributed by atoms with E-state index >= 15 is 4.39 Å². The number of primary amides is 1. The fourth-order valence-electron chi connectivity index (χ4n) is 3.75. The molecular formula is C28H28FN5O4. The van der Waals surface area contributed by atoms with E-state index in [1.807, 2.05) is 27.7 Å². The van der Waals surface area contributed by atoms with E-state index in [2.05, 4.69) is 10.1 Å². The van der Waals surface area contributed by atoms with Crippen LogP contribution in [0.15, 0.2) is 66.9 Å². The topological polar surface area (TPSA) is 113 Å². The van der Waals surface area contributed by atoms with Crippen molar-refractivity contribution in [3.8, 4) is 17.2 Å². The summed E-state index contributed by atoms with van der Waals surface area (Å²) in [6.45, 7) is 7.71. The molecule has 0 unspecified atom stereocenters. The van der Waals surface area contributed by atoms with Crippen molar-refractivity contribution < 1.29 is 23.5 Å². The van der Waals surface area contributed by atoms with Crippen molar-refractivity contribution in [1.82, 2.24) is 14.8 Å². The third-order valence-electron chi connectivity index (χ3n) is 5.71. The first kappa shape index (κ1) is 26.3. The van der Waals surface area contributed by atoms with E-state index in [0.29, 0.717) is 22.7 Å². The van der Waals surface area contributed by atoms with E-state index in [1.165, 1.54) is 23.9 Å². The molecule has 2 aromatic heterocycles. The summed E-state index contributed by atoms with van der Waals surface area (Å²) in [5.41, 5.74) is 7.57. The number of aryl methyl sites for hydroxylation is 1. The molecule has 4 aromatic rings. The van der Waals surface area contributed by atoms with Gasteiger partial charge < -0.3 is 15.2 Å². The van der Waals surface area contributed by atoms with Gasteiger partial charge in [0, 0.05) is 35.5 Å². The van der Waals surface area contributed by atoms with Gasteiger partial charge in [-0.3, -0.25) is 4.98 Å². The van der Waals surface area contributed by atoms with E-state index < -0.39 is 23.2 Å². The summed E-state index contributed by atoms with van der Waals surface area (Å²) in [4.78, 5) is 29.8. The Balaban J connectivity index is 1.78. The van der Waals surface area contributed by atoms with Gasteiger partial charge in [-0.2, -0.15) is 5.10 Å². The Morgan fingerprint density at radius 3 is 2.26 bits per heavy atom. The first-order chi connectivity index (χ1) is 18.0. The minimum atomic E-state index is -0.907. The molecular weight excluding hydrogens is 489 g/mol. The molecule has 0 saturated carbocycles. The van der Waals surface area contributed by atoms with Crippen LogP contribution < -0.4 is 15.4 Å². The lowest BCUT2D eigenvalue weighted by molar-refractivity contribution is 0.0600. The summed E-state index contributed by atoms with van der Waals surface area (Å²) in [5, 5.41) is 4.68. The Labute approximate surface area is 219 Å². The van der Waals surface area contributed by atoms with Crippen LogP contribution in [-0.4, -0.2) is 33.9 Å². The number of carbonyl (C=O) groups excluding carboxylic acids is 2. The second-order valence-electron chi connectivity index (χ2n) is 9.61. The van der Waals surface area contributed by atoms with E-state index in [4.69, 9.17) is 15.2 Å². The van der Waals surface area contributed by atoms with E-state index in [0.717, 1.165) is 10.6 Å². The van der Waals surface area contributed by atoms with Gasteiger partial charge in [0.15, 0.2) is 5.82 Å². The van der Waals surface area contributed by atoms with Gasteiger partial charge in [-0.15, -0.1) is 0 Å². The number of rotatable bonds is 6. The average molecular weight is 518 g/mol. The molecule has 2 amide bonds. The van der Waals surface area contributed by atoms with Gasteiger partial charge in [-0.25, -0.2) is 23.6 Å². The second kappa shape index (κ2) is 10.3. The third kappa shape index (κ3) is 5.49. The number of ether oxygens (including phenoxy) is 2. The number of hydrogen-bond acceptors (Lipinski definition) is 6. The quantitative estimate of drug-likeness (QED) is 0.323. The van der Waals surface area contributed by atoms with Crippen LogP contribution in [0.5, 0.6) is 11.5 Å².